The summed E-state index contributed by atoms with van der Waals surface area (Å²) in [6.45, 7) is 7.46. The number of aromatic hydroxyl groups is 2. The van der Waals surface area contributed by atoms with Crippen molar-refractivity contribution in [1.82, 2.24) is 24.6 Å². The van der Waals surface area contributed by atoms with Crippen LogP contribution in [0.1, 0.15) is 42.9 Å². The molecule has 1 aromatic heterocycles. The minimum Gasteiger partial charge on any atom is -0.508 e. The highest BCUT2D eigenvalue weighted by molar-refractivity contribution is 5.70. The molecule has 5 rings (SSSR count). The third-order valence-electron chi connectivity index (χ3n) is 7.37. The lowest BCUT2D eigenvalue weighted by Gasteiger charge is -2.37. The number of hydrogen-bond donors (Lipinski definition) is 2. The van der Waals surface area contributed by atoms with Crippen molar-refractivity contribution in [3.8, 4) is 34.6 Å². The van der Waals surface area contributed by atoms with Crippen molar-refractivity contribution in [2.75, 3.05) is 40.3 Å². The SMILES string of the molecule is CC(C)c1cc(-c2nnc(OCC3CN(C)CCN3C)n2-c2ccc3c(c2)CCC3)c(O)cc1O. The van der Waals surface area contributed by atoms with Crippen molar-refractivity contribution < 1.29 is 14.9 Å². The van der Waals surface area contributed by atoms with Gasteiger partial charge in [-0.3, -0.25) is 4.90 Å². The average molecular weight is 478 g/mol. The van der Waals surface area contributed by atoms with E-state index >= 15 is 0 Å². The van der Waals surface area contributed by atoms with Gasteiger partial charge in [-0.05, 0) is 74.2 Å². The molecule has 0 radical (unpaired) electrons. The Bertz CT molecular complexity index is 1220. The van der Waals surface area contributed by atoms with Crippen LogP contribution in [-0.4, -0.2) is 81.2 Å². The zero-order chi connectivity index (χ0) is 24.7. The number of fused-ring (bicyclic) bond motifs is 1. The van der Waals surface area contributed by atoms with Crippen LogP contribution in [0.3, 0.4) is 0 Å². The van der Waals surface area contributed by atoms with Crippen molar-refractivity contribution in [2.45, 2.75) is 45.1 Å². The molecule has 3 aromatic rings. The van der Waals surface area contributed by atoms with E-state index in [1.54, 1.807) is 6.07 Å². The van der Waals surface area contributed by atoms with Crippen molar-refractivity contribution in [3.63, 3.8) is 0 Å². The molecule has 0 bridgehead atoms. The highest BCUT2D eigenvalue weighted by atomic mass is 16.5. The van der Waals surface area contributed by atoms with Crippen molar-refractivity contribution in [2.24, 2.45) is 0 Å². The number of aryl methyl sites for hydroxylation is 2. The zero-order valence-electron chi connectivity index (χ0n) is 21.0. The Balaban J connectivity index is 1.57. The summed E-state index contributed by atoms with van der Waals surface area (Å²) in [7, 11) is 4.25. The Hall–Kier alpha value is -3.10. The summed E-state index contributed by atoms with van der Waals surface area (Å²) in [6.07, 6.45) is 3.32. The topological polar surface area (TPSA) is 86.9 Å². The molecule has 8 heteroatoms. The number of phenolic OH excluding ortho intramolecular Hbond substituents is 2. The largest absolute Gasteiger partial charge is 0.508 e. The first-order chi connectivity index (χ1) is 16.8. The van der Waals surface area contributed by atoms with E-state index in [0.717, 1.165) is 50.1 Å². The Kier molecular flexibility index (Phi) is 6.42. The molecule has 8 nitrogen and oxygen atoms in total. The summed E-state index contributed by atoms with van der Waals surface area (Å²) < 4.78 is 8.19. The molecule has 2 heterocycles. The number of benzene rings is 2. The van der Waals surface area contributed by atoms with Gasteiger partial charge in [0.1, 0.15) is 18.1 Å². The van der Waals surface area contributed by atoms with E-state index in [9.17, 15) is 10.2 Å². The number of ether oxygens (including phenoxy) is 1. The van der Waals surface area contributed by atoms with Gasteiger partial charge >= 0.3 is 6.01 Å². The maximum atomic E-state index is 10.8. The molecule has 2 aliphatic rings. The van der Waals surface area contributed by atoms with Gasteiger partial charge in [0.2, 0.25) is 0 Å². The highest BCUT2D eigenvalue weighted by Gasteiger charge is 2.26. The lowest BCUT2D eigenvalue weighted by Crippen LogP contribution is -2.52. The number of nitrogens with zero attached hydrogens (tertiary/aromatic N) is 5. The van der Waals surface area contributed by atoms with Crippen LogP contribution in [0.4, 0.5) is 0 Å². The van der Waals surface area contributed by atoms with Crippen LogP contribution in [0.2, 0.25) is 0 Å². The first-order valence-electron chi connectivity index (χ1n) is 12.5. The van der Waals surface area contributed by atoms with Crippen LogP contribution in [0.15, 0.2) is 30.3 Å². The second-order valence-corrected chi connectivity index (χ2v) is 10.2. The molecule has 1 aliphatic heterocycles. The minimum atomic E-state index is -0.0399. The van der Waals surface area contributed by atoms with Gasteiger partial charge in [-0.25, -0.2) is 4.57 Å². The maximum absolute atomic E-state index is 10.8. The molecule has 1 fully saturated rings. The molecule has 1 unspecified atom stereocenters. The second-order valence-electron chi connectivity index (χ2n) is 10.2. The van der Waals surface area contributed by atoms with Gasteiger partial charge in [0.15, 0.2) is 5.82 Å². The molecule has 35 heavy (non-hydrogen) atoms. The molecule has 0 spiro atoms. The molecule has 1 saturated heterocycles. The first-order valence-corrected chi connectivity index (χ1v) is 12.5. The number of hydrogen-bond acceptors (Lipinski definition) is 7. The van der Waals surface area contributed by atoms with Gasteiger partial charge in [-0.1, -0.05) is 25.0 Å². The molecule has 2 N–H and O–H groups in total. The normalized spacial score (nSPS) is 18.8. The van der Waals surface area contributed by atoms with E-state index < -0.39 is 0 Å². The smallest absolute Gasteiger partial charge is 0.322 e. The molecule has 0 amide bonds. The van der Waals surface area contributed by atoms with Gasteiger partial charge in [0, 0.05) is 25.7 Å². The third kappa shape index (κ3) is 4.60. The molecular formula is C27H35N5O3. The zero-order valence-corrected chi connectivity index (χ0v) is 21.0. The Morgan fingerprint density at radius 1 is 1.00 bits per heavy atom. The number of aromatic nitrogens is 3. The van der Waals surface area contributed by atoms with Crippen LogP contribution in [-0.2, 0) is 12.8 Å². The Labute approximate surface area is 206 Å². The van der Waals surface area contributed by atoms with Crippen LogP contribution >= 0.6 is 0 Å². The van der Waals surface area contributed by atoms with Crippen molar-refractivity contribution in [1.29, 1.82) is 0 Å². The van der Waals surface area contributed by atoms with Crippen LogP contribution in [0, 0.1) is 0 Å². The Morgan fingerprint density at radius 3 is 2.60 bits per heavy atom. The van der Waals surface area contributed by atoms with E-state index in [-0.39, 0.29) is 23.5 Å². The Morgan fingerprint density at radius 2 is 1.80 bits per heavy atom. The van der Waals surface area contributed by atoms with Crippen molar-refractivity contribution >= 4 is 0 Å². The molecule has 1 atom stereocenters. The van der Waals surface area contributed by atoms with Crippen LogP contribution < -0.4 is 4.74 Å². The van der Waals surface area contributed by atoms with E-state index in [4.69, 9.17) is 4.74 Å². The minimum absolute atomic E-state index is 0.0399. The predicted molar refractivity (Wildman–Crippen MR) is 136 cm³/mol. The lowest BCUT2D eigenvalue weighted by molar-refractivity contribution is 0.0744. The second kappa shape index (κ2) is 9.51. The van der Waals surface area contributed by atoms with E-state index in [1.165, 1.54) is 17.2 Å². The fourth-order valence-electron chi connectivity index (χ4n) is 5.16. The van der Waals surface area contributed by atoms with Gasteiger partial charge in [0.25, 0.3) is 0 Å². The van der Waals surface area contributed by atoms with Gasteiger partial charge < -0.3 is 19.8 Å². The van der Waals surface area contributed by atoms with E-state index in [2.05, 4.69) is 52.3 Å². The summed E-state index contributed by atoms with van der Waals surface area (Å²) in [5.41, 5.74) is 4.89. The van der Waals surface area contributed by atoms with Crippen LogP contribution in [0.25, 0.3) is 17.1 Å². The average Bonchev–Trinajstić information content (AvgIpc) is 3.46. The summed E-state index contributed by atoms with van der Waals surface area (Å²) in [5.74, 6) is 0.611. The maximum Gasteiger partial charge on any atom is 0.322 e. The van der Waals surface area contributed by atoms with Gasteiger partial charge in [-0.2, -0.15) is 0 Å². The number of rotatable bonds is 6. The fraction of sp³-hybridized carbons (Fsp3) is 0.481. The molecular weight excluding hydrogens is 442 g/mol. The molecule has 1 aliphatic carbocycles. The summed E-state index contributed by atoms with van der Waals surface area (Å²) in [6, 6.07) is 10.3. The van der Waals surface area contributed by atoms with E-state index in [1.807, 2.05) is 18.4 Å². The van der Waals surface area contributed by atoms with Gasteiger partial charge in [-0.15, -0.1) is 5.10 Å². The molecule has 186 valence electrons. The molecule has 0 saturated carbocycles. The number of phenols is 2. The summed E-state index contributed by atoms with van der Waals surface area (Å²) in [4.78, 5) is 4.63. The standard InChI is InChI=1S/C27H35N5O3/c1-17(2)22-13-23(25(34)14-24(22)33)26-28-29-27(35-16-21-15-30(3)10-11-31(21)4)32(26)20-9-8-18-6-5-7-19(18)12-20/h8-9,12-14,17,21,33-34H,5-7,10-11,15-16H2,1-4H3. The number of piperazine rings is 1. The quantitative estimate of drug-likeness (QED) is 0.561. The highest BCUT2D eigenvalue weighted by Crippen LogP contribution is 2.39. The molecule has 2 aromatic carbocycles. The monoisotopic (exact) mass is 477 g/mol. The van der Waals surface area contributed by atoms with Crippen molar-refractivity contribution in [3.05, 3.63) is 47.0 Å². The fourth-order valence-corrected chi connectivity index (χ4v) is 5.16. The van der Waals surface area contributed by atoms with Crippen LogP contribution in [0.5, 0.6) is 17.5 Å². The van der Waals surface area contributed by atoms with E-state index in [0.29, 0.717) is 24.0 Å². The third-order valence-corrected chi connectivity index (χ3v) is 7.37. The number of likely N-dealkylation sites (N-methyl/N-ethyl adjacent to an activating group) is 2. The predicted octanol–water partition coefficient (Wildman–Crippen LogP) is 3.58. The summed E-state index contributed by atoms with van der Waals surface area (Å²) in [5, 5.41) is 30.0. The first kappa shape index (κ1) is 23.6. The lowest BCUT2D eigenvalue weighted by atomic mass is 9.98. The van der Waals surface area contributed by atoms with Gasteiger partial charge in [0.05, 0.1) is 17.3 Å². The summed E-state index contributed by atoms with van der Waals surface area (Å²) >= 11 is 0.